The van der Waals surface area contributed by atoms with Crippen molar-refractivity contribution < 1.29 is 26.4 Å². The van der Waals surface area contributed by atoms with Gasteiger partial charge in [-0.1, -0.05) is 25.8 Å². The van der Waals surface area contributed by atoms with Crippen molar-refractivity contribution in [3.05, 3.63) is 29.8 Å². The van der Waals surface area contributed by atoms with Crippen LogP contribution in [0.1, 0.15) is 38.2 Å². The van der Waals surface area contributed by atoms with Gasteiger partial charge in [-0.2, -0.15) is 17.5 Å². The summed E-state index contributed by atoms with van der Waals surface area (Å²) in [6.45, 7) is 2.63. The molecule has 1 heterocycles. The summed E-state index contributed by atoms with van der Waals surface area (Å²) in [6, 6.07) is 3.77. The van der Waals surface area contributed by atoms with Crippen LogP contribution in [0.5, 0.6) is 0 Å². The predicted octanol–water partition coefficient (Wildman–Crippen LogP) is 3.12. The molecule has 0 spiro atoms. The van der Waals surface area contributed by atoms with Gasteiger partial charge in [-0.15, -0.1) is 0 Å². The molecule has 9 heteroatoms. The lowest BCUT2D eigenvalue weighted by Crippen LogP contribution is -2.53. The molecule has 0 atom stereocenters. The van der Waals surface area contributed by atoms with Crippen molar-refractivity contribution in [1.29, 1.82) is 0 Å². The van der Waals surface area contributed by atoms with Gasteiger partial charge < -0.3 is 4.90 Å². The van der Waals surface area contributed by atoms with Crippen LogP contribution in [-0.2, 0) is 21.0 Å². The first-order valence-electron chi connectivity index (χ1n) is 9.01. The van der Waals surface area contributed by atoms with Crippen molar-refractivity contribution in [2.75, 3.05) is 26.2 Å². The van der Waals surface area contributed by atoms with Gasteiger partial charge in [0.25, 0.3) is 0 Å². The highest BCUT2D eigenvalue weighted by Gasteiger charge is 2.41. The molecule has 1 amide bonds. The third-order valence-corrected chi connectivity index (χ3v) is 7.44. The average molecular weight is 404 g/mol. The van der Waals surface area contributed by atoms with E-state index in [1.165, 1.54) is 6.07 Å². The van der Waals surface area contributed by atoms with Crippen molar-refractivity contribution in [1.82, 2.24) is 9.21 Å². The van der Waals surface area contributed by atoms with E-state index < -0.39 is 21.8 Å². The first kappa shape index (κ1) is 20.1. The van der Waals surface area contributed by atoms with Gasteiger partial charge in [0.2, 0.25) is 15.9 Å². The summed E-state index contributed by atoms with van der Waals surface area (Å²) < 4.78 is 65.2. The standard InChI is InChI=1S/C18H23F3N2O3S/c1-17(7-2-3-8-17)16(24)22-9-11-23(12-10-22)27(25,26)15-6-4-5-14(13-15)18(19,20)21/h4-6,13H,2-3,7-12H2,1H3. The Kier molecular flexibility index (Phi) is 5.28. The van der Waals surface area contributed by atoms with Gasteiger partial charge in [0.05, 0.1) is 10.5 Å². The first-order chi connectivity index (χ1) is 12.5. The highest BCUT2D eigenvalue weighted by atomic mass is 32.2. The van der Waals surface area contributed by atoms with Crippen molar-refractivity contribution in [3.8, 4) is 0 Å². The van der Waals surface area contributed by atoms with Crippen LogP contribution < -0.4 is 0 Å². The Hall–Kier alpha value is -1.61. The number of nitrogens with zero attached hydrogens (tertiary/aromatic N) is 2. The number of piperazine rings is 1. The smallest absolute Gasteiger partial charge is 0.340 e. The molecule has 0 bridgehead atoms. The number of carbonyl (C=O) groups excluding carboxylic acids is 1. The molecule has 2 fully saturated rings. The number of benzene rings is 1. The molecular formula is C18H23F3N2O3S. The largest absolute Gasteiger partial charge is 0.416 e. The van der Waals surface area contributed by atoms with Gasteiger partial charge in [0.15, 0.2) is 0 Å². The Balaban J connectivity index is 1.71. The molecule has 27 heavy (non-hydrogen) atoms. The number of alkyl halides is 3. The van der Waals surface area contributed by atoms with Crippen molar-refractivity contribution in [2.45, 2.75) is 43.7 Å². The minimum absolute atomic E-state index is 0.0520. The lowest BCUT2D eigenvalue weighted by atomic mass is 9.87. The van der Waals surface area contributed by atoms with Crippen molar-refractivity contribution in [2.24, 2.45) is 5.41 Å². The fourth-order valence-electron chi connectivity index (χ4n) is 3.86. The molecule has 0 N–H and O–H groups in total. The highest BCUT2D eigenvalue weighted by molar-refractivity contribution is 7.89. The zero-order valence-corrected chi connectivity index (χ0v) is 15.9. The average Bonchev–Trinajstić information content (AvgIpc) is 3.08. The predicted molar refractivity (Wildman–Crippen MR) is 93.4 cm³/mol. The molecule has 1 saturated heterocycles. The third kappa shape index (κ3) is 3.99. The summed E-state index contributed by atoms with van der Waals surface area (Å²) in [5.74, 6) is 0.0520. The molecule has 0 unspecified atom stereocenters. The quantitative estimate of drug-likeness (QED) is 0.778. The summed E-state index contributed by atoms with van der Waals surface area (Å²) in [7, 11) is -4.03. The molecule has 3 rings (SSSR count). The third-order valence-electron chi connectivity index (χ3n) is 5.55. The fraction of sp³-hybridized carbons (Fsp3) is 0.611. The van der Waals surface area contributed by atoms with E-state index in [1.807, 2.05) is 6.92 Å². The summed E-state index contributed by atoms with van der Waals surface area (Å²) in [6.07, 6.45) is -0.880. The number of hydrogen-bond donors (Lipinski definition) is 0. The number of halogens is 3. The topological polar surface area (TPSA) is 57.7 Å². The minimum Gasteiger partial charge on any atom is -0.340 e. The second kappa shape index (κ2) is 7.09. The lowest BCUT2D eigenvalue weighted by Gasteiger charge is -2.38. The summed E-state index contributed by atoms with van der Waals surface area (Å²) in [4.78, 5) is 14.0. The molecule has 2 aliphatic rings. The maximum Gasteiger partial charge on any atom is 0.416 e. The monoisotopic (exact) mass is 404 g/mol. The van der Waals surface area contributed by atoms with Gasteiger partial charge in [-0.3, -0.25) is 4.79 Å². The van der Waals surface area contributed by atoms with Crippen LogP contribution in [0, 0.1) is 5.41 Å². The van der Waals surface area contributed by atoms with Gasteiger partial charge in [-0.05, 0) is 31.0 Å². The lowest BCUT2D eigenvalue weighted by molar-refractivity contribution is -0.142. The van der Waals surface area contributed by atoms with Crippen LogP contribution in [0.3, 0.4) is 0 Å². The van der Waals surface area contributed by atoms with E-state index in [9.17, 15) is 26.4 Å². The second-order valence-electron chi connectivity index (χ2n) is 7.49. The molecule has 1 aliphatic carbocycles. The van der Waals surface area contributed by atoms with Crippen molar-refractivity contribution in [3.63, 3.8) is 0 Å². The van der Waals surface area contributed by atoms with Crippen LogP contribution in [0.15, 0.2) is 29.2 Å². The van der Waals surface area contributed by atoms with E-state index in [2.05, 4.69) is 0 Å². The Bertz CT molecular complexity index is 809. The molecule has 1 aromatic carbocycles. The summed E-state index contributed by atoms with van der Waals surface area (Å²) in [5, 5.41) is 0. The number of hydrogen-bond acceptors (Lipinski definition) is 3. The molecule has 1 aromatic rings. The number of sulfonamides is 1. The Labute approximate surface area is 157 Å². The van der Waals surface area contributed by atoms with Gasteiger partial charge in [0.1, 0.15) is 0 Å². The molecule has 5 nitrogen and oxygen atoms in total. The first-order valence-corrected chi connectivity index (χ1v) is 10.4. The molecule has 0 aromatic heterocycles. The molecule has 0 radical (unpaired) electrons. The number of rotatable bonds is 3. The highest BCUT2D eigenvalue weighted by Crippen LogP contribution is 2.39. The molecule has 1 aliphatic heterocycles. The van der Waals surface area contributed by atoms with Crippen LogP contribution in [0.4, 0.5) is 13.2 Å². The van der Waals surface area contributed by atoms with Gasteiger partial charge in [0, 0.05) is 31.6 Å². The van der Waals surface area contributed by atoms with E-state index in [4.69, 9.17) is 0 Å². The number of carbonyl (C=O) groups is 1. The Morgan fingerprint density at radius 3 is 2.22 bits per heavy atom. The maximum atomic E-state index is 12.9. The van der Waals surface area contributed by atoms with E-state index in [-0.39, 0.29) is 42.4 Å². The van der Waals surface area contributed by atoms with E-state index in [0.717, 1.165) is 42.1 Å². The van der Waals surface area contributed by atoms with E-state index in [1.54, 1.807) is 4.90 Å². The second-order valence-corrected chi connectivity index (χ2v) is 9.43. The zero-order valence-electron chi connectivity index (χ0n) is 15.1. The normalized spacial score (nSPS) is 21.4. The van der Waals surface area contributed by atoms with Gasteiger partial charge in [-0.25, -0.2) is 8.42 Å². The van der Waals surface area contributed by atoms with Crippen LogP contribution in [0.2, 0.25) is 0 Å². The zero-order chi connectivity index (χ0) is 19.9. The van der Waals surface area contributed by atoms with E-state index >= 15 is 0 Å². The minimum atomic E-state index is -4.60. The van der Waals surface area contributed by atoms with E-state index in [0.29, 0.717) is 6.07 Å². The maximum absolute atomic E-state index is 12.9. The molecule has 150 valence electrons. The summed E-state index contributed by atoms with van der Waals surface area (Å²) >= 11 is 0. The van der Waals surface area contributed by atoms with Crippen LogP contribution in [-0.4, -0.2) is 49.7 Å². The number of amides is 1. The Morgan fingerprint density at radius 1 is 1.07 bits per heavy atom. The van der Waals surface area contributed by atoms with Crippen LogP contribution >= 0.6 is 0 Å². The SMILES string of the molecule is CC1(C(=O)N2CCN(S(=O)(=O)c3cccc(C(F)(F)F)c3)CC2)CCCC1. The van der Waals surface area contributed by atoms with Crippen molar-refractivity contribution >= 4 is 15.9 Å². The molecular weight excluding hydrogens is 381 g/mol. The fourth-order valence-corrected chi connectivity index (χ4v) is 5.33. The summed E-state index contributed by atoms with van der Waals surface area (Å²) in [5.41, 5.74) is -1.37. The molecule has 1 saturated carbocycles. The Morgan fingerprint density at radius 2 is 1.67 bits per heavy atom. The van der Waals surface area contributed by atoms with Crippen LogP contribution in [0.25, 0.3) is 0 Å². The van der Waals surface area contributed by atoms with Gasteiger partial charge >= 0.3 is 6.18 Å².